The molecule has 2 atom stereocenters. The molecular formula is C14H26O6. The zero-order valence-electron chi connectivity index (χ0n) is 12.6. The SMILES string of the molecule is CCOCC(C)OCC(C)OC(=O)CCCCC(=O)O. The van der Waals surface area contributed by atoms with Crippen molar-refractivity contribution in [3.05, 3.63) is 0 Å². The minimum atomic E-state index is -0.844. The predicted molar refractivity (Wildman–Crippen MR) is 73.6 cm³/mol. The summed E-state index contributed by atoms with van der Waals surface area (Å²) in [7, 11) is 0. The molecule has 0 amide bonds. The minimum absolute atomic E-state index is 0.0355. The number of esters is 1. The third-order valence-corrected chi connectivity index (χ3v) is 2.53. The molecule has 6 nitrogen and oxygen atoms in total. The Morgan fingerprint density at radius 3 is 2.30 bits per heavy atom. The summed E-state index contributed by atoms with van der Waals surface area (Å²) >= 11 is 0. The van der Waals surface area contributed by atoms with Crippen LogP contribution in [-0.2, 0) is 23.8 Å². The van der Waals surface area contributed by atoms with Crippen LogP contribution in [0.25, 0.3) is 0 Å². The highest BCUT2D eigenvalue weighted by Gasteiger charge is 2.11. The molecule has 118 valence electrons. The van der Waals surface area contributed by atoms with Crippen molar-refractivity contribution >= 4 is 11.9 Å². The topological polar surface area (TPSA) is 82.1 Å². The second-order valence-electron chi connectivity index (χ2n) is 4.70. The summed E-state index contributed by atoms with van der Waals surface area (Å²) in [5, 5.41) is 8.46. The normalized spacial score (nSPS) is 13.8. The molecule has 6 heteroatoms. The molecule has 0 aromatic heterocycles. The van der Waals surface area contributed by atoms with E-state index in [1.165, 1.54) is 0 Å². The summed E-state index contributed by atoms with van der Waals surface area (Å²) in [6.07, 6.45) is 0.991. The smallest absolute Gasteiger partial charge is 0.306 e. The van der Waals surface area contributed by atoms with E-state index < -0.39 is 5.97 Å². The van der Waals surface area contributed by atoms with Gasteiger partial charge in [0.1, 0.15) is 6.10 Å². The van der Waals surface area contributed by atoms with E-state index in [0.29, 0.717) is 32.7 Å². The summed E-state index contributed by atoms with van der Waals surface area (Å²) in [6, 6.07) is 0. The van der Waals surface area contributed by atoms with Gasteiger partial charge in [-0.1, -0.05) is 0 Å². The van der Waals surface area contributed by atoms with E-state index in [9.17, 15) is 9.59 Å². The quantitative estimate of drug-likeness (QED) is 0.437. The van der Waals surface area contributed by atoms with E-state index in [0.717, 1.165) is 0 Å². The Balaban J connectivity index is 3.61. The Bertz CT molecular complexity index is 279. The fraction of sp³-hybridized carbons (Fsp3) is 0.857. The van der Waals surface area contributed by atoms with Crippen LogP contribution in [0.15, 0.2) is 0 Å². The Morgan fingerprint density at radius 2 is 1.70 bits per heavy atom. The Hall–Kier alpha value is -1.14. The maximum absolute atomic E-state index is 11.5. The predicted octanol–water partition coefficient (Wildman–Crippen LogP) is 2.00. The number of hydrogen-bond acceptors (Lipinski definition) is 5. The van der Waals surface area contributed by atoms with Crippen LogP contribution in [0.1, 0.15) is 46.5 Å². The molecule has 0 saturated carbocycles. The lowest BCUT2D eigenvalue weighted by Gasteiger charge is -2.17. The van der Waals surface area contributed by atoms with Crippen molar-refractivity contribution in [3.8, 4) is 0 Å². The molecule has 0 aliphatic rings. The molecule has 0 aromatic carbocycles. The summed E-state index contributed by atoms with van der Waals surface area (Å²) in [4.78, 5) is 21.8. The second-order valence-corrected chi connectivity index (χ2v) is 4.70. The summed E-state index contributed by atoms with van der Waals surface area (Å²) < 4.78 is 15.9. The van der Waals surface area contributed by atoms with Crippen molar-refractivity contribution in [1.82, 2.24) is 0 Å². The number of ether oxygens (including phenoxy) is 3. The van der Waals surface area contributed by atoms with Crippen molar-refractivity contribution in [2.45, 2.75) is 58.7 Å². The average molecular weight is 290 g/mol. The fourth-order valence-corrected chi connectivity index (χ4v) is 1.49. The third-order valence-electron chi connectivity index (χ3n) is 2.53. The van der Waals surface area contributed by atoms with Crippen LogP contribution < -0.4 is 0 Å². The van der Waals surface area contributed by atoms with Gasteiger partial charge in [0.05, 0.1) is 19.3 Å². The van der Waals surface area contributed by atoms with E-state index in [4.69, 9.17) is 19.3 Å². The third kappa shape index (κ3) is 11.9. The molecule has 0 aliphatic heterocycles. The summed E-state index contributed by atoms with van der Waals surface area (Å²) in [5.74, 6) is -1.16. The van der Waals surface area contributed by atoms with Crippen LogP contribution in [-0.4, -0.2) is 49.1 Å². The maximum Gasteiger partial charge on any atom is 0.306 e. The number of carbonyl (C=O) groups is 2. The van der Waals surface area contributed by atoms with Gasteiger partial charge in [-0.2, -0.15) is 0 Å². The van der Waals surface area contributed by atoms with Crippen LogP contribution in [0.4, 0.5) is 0 Å². The summed E-state index contributed by atoms with van der Waals surface area (Å²) in [5.41, 5.74) is 0. The number of rotatable bonds is 12. The van der Waals surface area contributed by atoms with Gasteiger partial charge in [-0.3, -0.25) is 9.59 Å². The van der Waals surface area contributed by atoms with E-state index >= 15 is 0 Å². The van der Waals surface area contributed by atoms with E-state index in [1.807, 2.05) is 13.8 Å². The number of carboxylic acid groups (broad SMARTS) is 1. The zero-order chi connectivity index (χ0) is 15.4. The van der Waals surface area contributed by atoms with E-state index in [-0.39, 0.29) is 31.0 Å². The van der Waals surface area contributed by atoms with Crippen molar-refractivity contribution in [1.29, 1.82) is 0 Å². The van der Waals surface area contributed by atoms with Gasteiger partial charge in [-0.25, -0.2) is 0 Å². The van der Waals surface area contributed by atoms with Crippen molar-refractivity contribution < 1.29 is 28.9 Å². The number of hydrogen-bond donors (Lipinski definition) is 1. The van der Waals surface area contributed by atoms with Gasteiger partial charge in [0.15, 0.2) is 0 Å². The van der Waals surface area contributed by atoms with Gasteiger partial charge in [0.2, 0.25) is 0 Å². The van der Waals surface area contributed by atoms with E-state index in [2.05, 4.69) is 0 Å². The highest BCUT2D eigenvalue weighted by Crippen LogP contribution is 2.04. The standard InChI is InChI=1S/C14H26O6/c1-4-18-9-11(2)19-10-12(3)20-14(17)8-6-5-7-13(15)16/h11-12H,4-10H2,1-3H3,(H,15,16). The molecule has 1 N–H and O–H groups in total. The Labute approximate surface area is 120 Å². The monoisotopic (exact) mass is 290 g/mol. The van der Waals surface area contributed by atoms with Crippen molar-refractivity contribution in [2.24, 2.45) is 0 Å². The van der Waals surface area contributed by atoms with Gasteiger partial charge in [-0.05, 0) is 33.6 Å². The van der Waals surface area contributed by atoms with E-state index in [1.54, 1.807) is 6.92 Å². The van der Waals surface area contributed by atoms with Crippen molar-refractivity contribution in [2.75, 3.05) is 19.8 Å². The first kappa shape index (κ1) is 18.9. The molecule has 0 bridgehead atoms. The Kier molecular flexibility index (Phi) is 11.0. The van der Waals surface area contributed by atoms with Crippen molar-refractivity contribution in [3.63, 3.8) is 0 Å². The number of carboxylic acids is 1. The molecule has 0 heterocycles. The molecule has 2 unspecified atom stereocenters. The molecule has 0 fully saturated rings. The van der Waals surface area contributed by atoms with Gasteiger partial charge in [0.25, 0.3) is 0 Å². The van der Waals surface area contributed by atoms with Crippen LogP contribution in [0, 0.1) is 0 Å². The maximum atomic E-state index is 11.5. The van der Waals surface area contributed by atoms with Crippen LogP contribution in [0.3, 0.4) is 0 Å². The first-order chi connectivity index (χ1) is 9.45. The highest BCUT2D eigenvalue weighted by molar-refractivity contribution is 5.70. The second kappa shape index (κ2) is 11.7. The first-order valence-corrected chi connectivity index (χ1v) is 7.06. The van der Waals surface area contributed by atoms with Gasteiger partial charge in [-0.15, -0.1) is 0 Å². The number of carbonyl (C=O) groups excluding carboxylic acids is 1. The minimum Gasteiger partial charge on any atom is -0.481 e. The first-order valence-electron chi connectivity index (χ1n) is 7.06. The lowest BCUT2D eigenvalue weighted by molar-refractivity contribution is -0.153. The molecule has 0 aliphatic carbocycles. The molecule has 0 rings (SSSR count). The molecule has 0 spiro atoms. The number of unbranched alkanes of at least 4 members (excludes halogenated alkanes) is 1. The lowest BCUT2D eigenvalue weighted by Crippen LogP contribution is -2.25. The average Bonchev–Trinajstić information content (AvgIpc) is 2.38. The zero-order valence-corrected chi connectivity index (χ0v) is 12.6. The summed E-state index contributed by atoms with van der Waals surface area (Å²) in [6.45, 7) is 7.08. The Morgan fingerprint density at radius 1 is 1.05 bits per heavy atom. The lowest BCUT2D eigenvalue weighted by atomic mass is 10.2. The fourth-order valence-electron chi connectivity index (χ4n) is 1.49. The van der Waals surface area contributed by atoms with Crippen LogP contribution in [0.5, 0.6) is 0 Å². The van der Waals surface area contributed by atoms with Crippen LogP contribution >= 0.6 is 0 Å². The van der Waals surface area contributed by atoms with Gasteiger partial charge in [0, 0.05) is 19.4 Å². The number of aliphatic carboxylic acids is 1. The molecule has 0 aromatic rings. The van der Waals surface area contributed by atoms with Gasteiger partial charge < -0.3 is 19.3 Å². The highest BCUT2D eigenvalue weighted by atomic mass is 16.6. The molecule has 20 heavy (non-hydrogen) atoms. The van der Waals surface area contributed by atoms with Crippen LogP contribution in [0.2, 0.25) is 0 Å². The molecular weight excluding hydrogens is 264 g/mol. The molecule has 0 saturated heterocycles. The molecule has 0 radical (unpaired) electrons. The largest absolute Gasteiger partial charge is 0.481 e. The van der Waals surface area contributed by atoms with Gasteiger partial charge >= 0.3 is 11.9 Å².